The topological polar surface area (TPSA) is 9.23 Å². The van der Waals surface area contributed by atoms with Gasteiger partial charge in [-0.15, -0.1) is 0 Å². The Morgan fingerprint density at radius 2 is 2.14 bits per heavy atom. The highest BCUT2D eigenvalue weighted by Gasteiger charge is 2.37. The molecule has 0 aromatic carbocycles. The quantitative estimate of drug-likeness (QED) is 0.572. The summed E-state index contributed by atoms with van der Waals surface area (Å²) in [4.78, 5) is 0. The number of ether oxygens (including phenoxy) is 1. The van der Waals surface area contributed by atoms with E-state index in [1.165, 1.54) is 49.7 Å². The summed E-state index contributed by atoms with van der Waals surface area (Å²) < 4.78 is 6.45. The molecule has 0 spiro atoms. The molecule has 120 valence electrons. The van der Waals surface area contributed by atoms with Crippen molar-refractivity contribution in [1.82, 2.24) is 0 Å². The molecular formula is C20H34O. The Morgan fingerprint density at radius 3 is 2.86 bits per heavy atom. The molecule has 2 fully saturated rings. The molecule has 0 N–H and O–H groups in total. The number of fused-ring (bicyclic) bond motifs is 1. The van der Waals surface area contributed by atoms with Gasteiger partial charge in [0.25, 0.3) is 0 Å². The van der Waals surface area contributed by atoms with Gasteiger partial charge in [-0.05, 0) is 70.6 Å². The molecule has 1 nitrogen and oxygen atoms in total. The molecule has 1 heterocycles. The van der Waals surface area contributed by atoms with Crippen molar-refractivity contribution in [2.24, 2.45) is 17.8 Å². The van der Waals surface area contributed by atoms with E-state index in [1.807, 2.05) is 0 Å². The number of hydrogen-bond acceptors (Lipinski definition) is 1. The average Bonchev–Trinajstić information content (AvgIpc) is 2.37. The molecule has 0 radical (unpaired) electrons. The Balaban J connectivity index is 1.81. The molecule has 1 saturated heterocycles. The summed E-state index contributed by atoms with van der Waals surface area (Å²) in [6, 6.07) is 0. The van der Waals surface area contributed by atoms with Crippen LogP contribution in [0.3, 0.4) is 0 Å². The minimum atomic E-state index is 0.422. The molecule has 2 rings (SSSR count). The van der Waals surface area contributed by atoms with Gasteiger partial charge in [0.15, 0.2) is 0 Å². The van der Waals surface area contributed by atoms with Crippen LogP contribution in [0.2, 0.25) is 0 Å². The van der Waals surface area contributed by atoms with Gasteiger partial charge in [-0.2, -0.15) is 0 Å². The Kier molecular flexibility index (Phi) is 6.10. The van der Waals surface area contributed by atoms with E-state index in [4.69, 9.17) is 4.74 Å². The molecule has 21 heavy (non-hydrogen) atoms. The zero-order valence-corrected chi connectivity index (χ0v) is 14.5. The minimum Gasteiger partial charge on any atom is -0.374 e. The summed E-state index contributed by atoms with van der Waals surface area (Å²) in [5, 5.41) is 0. The van der Waals surface area contributed by atoms with Crippen LogP contribution in [0.1, 0.15) is 72.6 Å². The van der Waals surface area contributed by atoms with Gasteiger partial charge in [0.2, 0.25) is 0 Å². The lowest BCUT2D eigenvalue weighted by molar-refractivity contribution is -0.0906. The highest BCUT2D eigenvalue weighted by molar-refractivity contribution is 5.10. The third-order valence-electron chi connectivity index (χ3n) is 5.31. The van der Waals surface area contributed by atoms with Crippen LogP contribution in [0, 0.1) is 17.8 Å². The summed E-state index contributed by atoms with van der Waals surface area (Å²) in [5.74, 6) is 2.22. The van der Waals surface area contributed by atoms with Crippen molar-refractivity contribution >= 4 is 0 Å². The van der Waals surface area contributed by atoms with Gasteiger partial charge in [-0.1, -0.05) is 37.6 Å². The van der Waals surface area contributed by atoms with E-state index in [-0.39, 0.29) is 0 Å². The molecule has 2 aliphatic rings. The Labute approximate surface area is 131 Å². The highest BCUT2D eigenvalue weighted by atomic mass is 16.5. The predicted octanol–water partition coefficient (Wildman–Crippen LogP) is 5.91. The van der Waals surface area contributed by atoms with Crippen LogP contribution in [0.4, 0.5) is 0 Å². The largest absolute Gasteiger partial charge is 0.374 e. The molecule has 1 saturated carbocycles. The van der Waals surface area contributed by atoms with E-state index in [9.17, 15) is 0 Å². The second kappa shape index (κ2) is 7.63. The van der Waals surface area contributed by atoms with E-state index >= 15 is 0 Å². The lowest BCUT2D eigenvalue weighted by atomic mass is 9.74. The number of allylic oxidation sites excluding steroid dienone is 2. The molecule has 0 aromatic heterocycles. The minimum absolute atomic E-state index is 0.422. The van der Waals surface area contributed by atoms with Crippen molar-refractivity contribution in [1.29, 1.82) is 0 Å². The zero-order chi connectivity index (χ0) is 15.4. The summed E-state index contributed by atoms with van der Waals surface area (Å²) in [7, 11) is 0. The maximum absolute atomic E-state index is 6.45. The monoisotopic (exact) mass is 290 g/mol. The summed E-state index contributed by atoms with van der Waals surface area (Å²) >= 11 is 0. The number of rotatable bonds is 5. The second-order valence-electron chi connectivity index (χ2n) is 7.88. The molecule has 5 atom stereocenters. The van der Waals surface area contributed by atoms with Crippen LogP contribution < -0.4 is 0 Å². The van der Waals surface area contributed by atoms with Gasteiger partial charge in [0.1, 0.15) is 0 Å². The van der Waals surface area contributed by atoms with Crippen molar-refractivity contribution in [2.45, 2.75) is 84.8 Å². The molecule has 0 unspecified atom stereocenters. The van der Waals surface area contributed by atoms with E-state index in [0.29, 0.717) is 18.1 Å². The fourth-order valence-corrected chi connectivity index (χ4v) is 4.05. The fourth-order valence-electron chi connectivity index (χ4n) is 4.05. The smallest absolute Gasteiger partial charge is 0.0646 e. The molecule has 1 aliphatic carbocycles. The van der Waals surface area contributed by atoms with Crippen LogP contribution in [0.15, 0.2) is 23.8 Å². The molecule has 1 aliphatic heterocycles. The van der Waals surface area contributed by atoms with Gasteiger partial charge in [0, 0.05) is 5.92 Å². The predicted molar refractivity (Wildman–Crippen MR) is 91.4 cm³/mol. The zero-order valence-electron chi connectivity index (χ0n) is 14.5. The maximum atomic E-state index is 6.45. The summed E-state index contributed by atoms with van der Waals surface area (Å²) in [5.41, 5.74) is 2.91. The highest BCUT2D eigenvalue weighted by Crippen LogP contribution is 2.41. The SMILES string of the molecule is C=C1C[C@H](C[C@@H](C)CCC=C(C)C)O[C@H]2C[C@H](C)CC[C@H]12. The standard InChI is InChI=1S/C20H34O/c1-14(2)7-6-8-15(3)11-18-13-17(5)19-10-9-16(4)12-20(19)21-18/h7,15-16,18-20H,5-6,8-13H2,1-4H3/t15-,16+,18-,19+,20-/m0/s1. The van der Waals surface area contributed by atoms with Crippen molar-refractivity contribution in [3.63, 3.8) is 0 Å². The van der Waals surface area contributed by atoms with Crippen molar-refractivity contribution in [3.8, 4) is 0 Å². The van der Waals surface area contributed by atoms with Gasteiger partial charge < -0.3 is 4.74 Å². The van der Waals surface area contributed by atoms with Crippen LogP contribution >= 0.6 is 0 Å². The molecular weight excluding hydrogens is 256 g/mol. The van der Waals surface area contributed by atoms with Crippen molar-refractivity contribution < 1.29 is 4.74 Å². The van der Waals surface area contributed by atoms with Crippen LogP contribution in [0.25, 0.3) is 0 Å². The lowest BCUT2D eigenvalue weighted by Gasteiger charge is -2.43. The average molecular weight is 290 g/mol. The van der Waals surface area contributed by atoms with E-state index in [1.54, 1.807) is 0 Å². The van der Waals surface area contributed by atoms with Crippen LogP contribution in [0.5, 0.6) is 0 Å². The Bertz CT molecular complexity index is 377. The first-order valence-corrected chi connectivity index (χ1v) is 8.92. The first-order valence-electron chi connectivity index (χ1n) is 8.92. The van der Waals surface area contributed by atoms with Gasteiger partial charge in [-0.3, -0.25) is 0 Å². The van der Waals surface area contributed by atoms with E-state index in [2.05, 4.69) is 40.3 Å². The molecule has 0 aromatic rings. The molecule has 0 amide bonds. The third kappa shape index (κ3) is 4.98. The van der Waals surface area contributed by atoms with Gasteiger partial charge in [-0.25, -0.2) is 0 Å². The van der Waals surface area contributed by atoms with E-state index in [0.717, 1.165) is 18.3 Å². The Morgan fingerprint density at radius 1 is 1.38 bits per heavy atom. The first kappa shape index (κ1) is 16.8. The summed E-state index contributed by atoms with van der Waals surface area (Å²) in [6.45, 7) is 13.5. The van der Waals surface area contributed by atoms with Gasteiger partial charge in [0.05, 0.1) is 12.2 Å². The third-order valence-corrected chi connectivity index (χ3v) is 5.31. The molecule has 1 heteroatoms. The van der Waals surface area contributed by atoms with E-state index < -0.39 is 0 Å². The second-order valence-corrected chi connectivity index (χ2v) is 7.88. The summed E-state index contributed by atoms with van der Waals surface area (Å²) in [6.07, 6.45) is 11.9. The van der Waals surface area contributed by atoms with Crippen LogP contribution in [-0.4, -0.2) is 12.2 Å². The maximum Gasteiger partial charge on any atom is 0.0646 e. The van der Waals surface area contributed by atoms with Crippen molar-refractivity contribution in [3.05, 3.63) is 23.8 Å². The normalized spacial score (nSPS) is 34.2. The number of hydrogen-bond donors (Lipinski definition) is 0. The van der Waals surface area contributed by atoms with Gasteiger partial charge >= 0.3 is 0 Å². The first-order chi connectivity index (χ1) is 9.95. The lowest BCUT2D eigenvalue weighted by Crippen LogP contribution is -2.40. The van der Waals surface area contributed by atoms with Crippen LogP contribution in [-0.2, 0) is 4.74 Å². The fraction of sp³-hybridized carbons (Fsp3) is 0.800. The molecule has 0 bridgehead atoms. The Hall–Kier alpha value is -0.560. The van der Waals surface area contributed by atoms with Crippen molar-refractivity contribution in [2.75, 3.05) is 0 Å².